The van der Waals surface area contributed by atoms with Crippen LogP contribution in [0.5, 0.6) is 0 Å². The van der Waals surface area contributed by atoms with Gasteiger partial charge in [0.25, 0.3) is 0 Å². The molecular formula is C17H19NO2. The molecule has 2 aromatic rings. The molecule has 1 atom stereocenters. The van der Waals surface area contributed by atoms with Crippen LogP contribution in [0.4, 0.5) is 5.69 Å². The Kier molecular flexibility index (Phi) is 4.41. The zero-order valence-electron chi connectivity index (χ0n) is 11.8. The number of aryl methyl sites for hydroxylation is 1. The Morgan fingerprint density at radius 2 is 1.90 bits per heavy atom. The van der Waals surface area contributed by atoms with Crippen LogP contribution in [0.25, 0.3) is 0 Å². The molecule has 0 aliphatic carbocycles. The molecule has 0 bridgehead atoms. The summed E-state index contributed by atoms with van der Waals surface area (Å²) in [6, 6.07) is 15.9. The van der Waals surface area contributed by atoms with Crippen molar-refractivity contribution >= 4 is 11.7 Å². The second kappa shape index (κ2) is 6.24. The van der Waals surface area contributed by atoms with E-state index >= 15 is 0 Å². The Morgan fingerprint density at radius 1 is 1.20 bits per heavy atom. The Labute approximate surface area is 119 Å². The molecule has 20 heavy (non-hydrogen) atoms. The predicted octanol–water partition coefficient (Wildman–Crippen LogP) is 3.74. The lowest BCUT2D eigenvalue weighted by atomic mass is 10.1. The first-order chi connectivity index (χ1) is 9.56. The highest BCUT2D eigenvalue weighted by molar-refractivity contribution is 5.89. The second-order valence-corrected chi connectivity index (χ2v) is 5.07. The van der Waals surface area contributed by atoms with Crippen LogP contribution in [-0.4, -0.2) is 17.1 Å². The minimum Gasteiger partial charge on any atom is -0.478 e. The quantitative estimate of drug-likeness (QED) is 0.869. The number of rotatable bonds is 5. The van der Waals surface area contributed by atoms with Gasteiger partial charge >= 0.3 is 5.97 Å². The van der Waals surface area contributed by atoms with E-state index in [1.165, 1.54) is 5.56 Å². The molecule has 3 nitrogen and oxygen atoms in total. The standard InChI is InChI=1S/C17H19NO2/c1-12-10-15(8-9-16(12)17(19)20)18-13(2)11-14-6-4-3-5-7-14/h3-10,13,18H,11H2,1-2H3,(H,19,20). The van der Waals surface area contributed by atoms with Gasteiger partial charge in [0.15, 0.2) is 0 Å². The van der Waals surface area contributed by atoms with Crippen molar-refractivity contribution in [3.63, 3.8) is 0 Å². The van der Waals surface area contributed by atoms with Crippen LogP contribution in [-0.2, 0) is 6.42 Å². The molecule has 2 rings (SSSR count). The van der Waals surface area contributed by atoms with E-state index in [0.717, 1.165) is 17.7 Å². The van der Waals surface area contributed by atoms with Crippen LogP contribution in [0.2, 0.25) is 0 Å². The van der Waals surface area contributed by atoms with Crippen molar-refractivity contribution in [3.05, 3.63) is 65.2 Å². The number of benzene rings is 2. The fourth-order valence-electron chi connectivity index (χ4n) is 2.30. The molecule has 0 aliphatic heterocycles. The second-order valence-electron chi connectivity index (χ2n) is 5.07. The summed E-state index contributed by atoms with van der Waals surface area (Å²) in [5.74, 6) is -0.883. The third-order valence-corrected chi connectivity index (χ3v) is 3.25. The highest BCUT2D eigenvalue weighted by atomic mass is 16.4. The van der Waals surface area contributed by atoms with E-state index in [9.17, 15) is 4.79 Å². The minimum atomic E-state index is -0.883. The van der Waals surface area contributed by atoms with Crippen molar-refractivity contribution in [1.29, 1.82) is 0 Å². The van der Waals surface area contributed by atoms with Crippen LogP contribution >= 0.6 is 0 Å². The first-order valence-corrected chi connectivity index (χ1v) is 6.70. The maximum Gasteiger partial charge on any atom is 0.335 e. The molecule has 0 saturated heterocycles. The lowest BCUT2D eigenvalue weighted by Crippen LogP contribution is -2.18. The minimum absolute atomic E-state index is 0.285. The maximum atomic E-state index is 11.0. The number of hydrogen-bond donors (Lipinski definition) is 2. The number of anilines is 1. The van der Waals surface area contributed by atoms with Gasteiger partial charge in [-0.15, -0.1) is 0 Å². The average Bonchev–Trinajstić information content (AvgIpc) is 2.39. The zero-order valence-corrected chi connectivity index (χ0v) is 11.8. The largest absolute Gasteiger partial charge is 0.478 e. The first kappa shape index (κ1) is 14.1. The summed E-state index contributed by atoms with van der Waals surface area (Å²) in [4.78, 5) is 11.0. The lowest BCUT2D eigenvalue weighted by Gasteiger charge is -2.16. The highest BCUT2D eigenvalue weighted by Crippen LogP contribution is 2.17. The average molecular weight is 269 g/mol. The molecule has 104 valence electrons. The smallest absolute Gasteiger partial charge is 0.335 e. The van der Waals surface area contributed by atoms with E-state index in [2.05, 4.69) is 24.4 Å². The molecule has 0 aliphatic rings. The van der Waals surface area contributed by atoms with Crippen molar-refractivity contribution in [3.8, 4) is 0 Å². The Morgan fingerprint density at radius 3 is 2.50 bits per heavy atom. The Balaban J connectivity index is 2.03. The number of carbonyl (C=O) groups is 1. The highest BCUT2D eigenvalue weighted by Gasteiger charge is 2.08. The van der Waals surface area contributed by atoms with Gasteiger partial charge in [0.2, 0.25) is 0 Å². The maximum absolute atomic E-state index is 11.0. The molecule has 0 spiro atoms. The van der Waals surface area contributed by atoms with E-state index in [1.54, 1.807) is 6.07 Å². The van der Waals surface area contributed by atoms with Gasteiger partial charge in [-0.1, -0.05) is 30.3 Å². The molecule has 3 heteroatoms. The predicted molar refractivity (Wildman–Crippen MR) is 81.4 cm³/mol. The first-order valence-electron chi connectivity index (χ1n) is 6.70. The van der Waals surface area contributed by atoms with Crippen LogP contribution in [0, 0.1) is 6.92 Å². The number of nitrogens with one attached hydrogen (secondary N) is 1. The summed E-state index contributed by atoms with van der Waals surface area (Å²) < 4.78 is 0. The summed E-state index contributed by atoms with van der Waals surface area (Å²) in [7, 11) is 0. The monoisotopic (exact) mass is 269 g/mol. The summed E-state index contributed by atoms with van der Waals surface area (Å²) in [5, 5.41) is 12.4. The van der Waals surface area contributed by atoms with E-state index < -0.39 is 5.97 Å². The third kappa shape index (κ3) is 3.60. The molecule has 0 saturated carbocycles. The van der Waals surface area contributed by atoms with Gasteiger partial charge in [0, 0.05) is 11.7 Å². The van der Waals surface area contributed by atoms with Crippen LogP contribution in [0.3, 0.4) is 0 Å². The summed E-state index contributed by atoms with van der Waals surface area (Å²) in [6.07, 6.45) is 0.931. The topological polar surface area (TPSA) is 49.3 Å². The fraction of sp³-hybridized carbons (Fsp3) is 0.235. The van der Waals surface area contributed by atoms with Crippen LogP contribution in [0.1, 0.15) is 28.4 Å². The molecular weight excluding hydrogens is 250 g/mol. The number of hydrogen-bond acceptors (Lipinski definition) is 2. The molecule has 0 fully saturated rings. The van der Waals surface area contributed by atoms with Gasteiger partial charge < -0.3 is 10.4 Å². The van der Waals surface area contributed by atoms with E-state index in [0.29, 0.717) is 5.56 Å². The number of carboxylic acid groups (broad SMARTS) is 1. The summed E-state index contributed by atoms with van der Waals surface area (Å²) >= 11 is 0. The lowest BCUT2D eigenvalue weighted by molar-refractivity contribution is 0.0696. The van der Waals surface area contributed by atoms with Crippen molar-refractivity contribution in [1.82, 2.24) is 0 Å². The van der Waals surface area contributed by atoms with Crippen LogP contribution in [0.15, 0.2) is 48.5 Å². The SMILES string of the molecule is Cc1cc(NC(C)Cc2ccccc2)ccc1C(=O)O. The summed E-state index contributed by atoms with van der Waals surface area (Å²) in [6.45, 7) is 3.93. The van der Waals surface area contributed by atoms with E-state index in [-0.39, 0.29) is 6.04 Å². The zero-order chi connectivity index (χ0) is 14.5. The molecule has 2 aromatic carbocycles. The Bertz CT molecular complexity index is 593. The van der Waals surface area contributed by atoms with Crippen molar-refractivity contribution in [2.45, 2.75) is 26.3 Å². The molecule has 0 aromatic heterocycles. The van der Waals surface area contributed by atoms with Crippen molar-refractivity contribution < 1.29 is 9.90 Å². The molecule has 0 radical (unpaired) electrons. The number of aromatic carboxylic acids is 1. The van der Waals surface area contributed by atoms with Crippen molar-refractivity contribution in [2.24, 2.45) is 0 Å². The van der Waals surface area contributed by atoms with Gasteiger partial charge in [0.1, 0.15) is 0 Å². The van der Waals surface area contributed by atoms with E-state index in [4.69, 9.17) is 5.11 Å². The molecule has 2 N–H and O–H groups in total. The van der Waals surface area contributed by atoms with Gasteiger partial charge in [-0.2, -0.15) is 0 Å². The van der Waals surface area contributed by atoms with Gasteiger partial charge in [-0.25, -0.2) is 4.79 Å². The van der Waals surface area contributed by atoms with Gasteiger partial charge in [0.05, 0.1) is 5.56 Å². The van der Waals surface area contributed by atoms with Gasteiger partial charge in [-0.05, 0) is 49.6 Å². The molecule has 0 heterocycles. The number of carboxylic acids is 1. The van der Waals surface area contributed by atoms with Crippen LogP contribution < -0.4 is 5.32 Å². The molecule has 0 amide bonds. The van der Waals surface area contributed by atoms with Gasteiger partial charge in [-0.3, -0.25) is 0 Å². The molecule has 1 unspecified atom stereocenters. The normalized spacial score (nSPS) is 11.9. The van der Waals surface area contributed by atoms with E-state index in [1.807, 2.05) is 37.3 Å². The Hall–Kier alpha value is -2.29. The fourth-order valence-corrected chi connectivity index (χ4v) is 2.30. The van der Waals surface area contributed by atoms with Crippen molar-refractivity contribution in [2.75, 3.05) is 5.32 Å². The summed E-state index contributed by atoms with van der Waals surface area (Å²) in [5.41, 5.74) is 3.36. The third-order valence-electron chi connectivity index (χ3n) is 3.25.